The molecular formula is C20H19ClN2O2. The highest BCUT2D eigenvalue weighted by Gasteiger charge is 2.11. The van der Waals surface area contributed by atoms with Gasteiger partial charge >= 0.3 is 0 Å². The van der Waals surface area contributed by atoms with E-state index in [1.54, 1.807) is 22.9 Å². The lowest BCUT2D eigenvalue weighted by Gasteiger charge is -2.16. The van der Waals surface area contributed by atoms with E-state index in [1.165, 1.54) is 6.07 Å². The number of halogens is 1. The van der Waals surface area contributed by atoms with Crippen LogP contribution in [0.2, 0.25) is 5.02 Å². The first kappa shape index (κ1) is 17.2. The normalized spacial score (nSPS) is 12.1. The second-order valence-corrected chi connectivity index (χ2v) is 6.61. The number of amides is 1. The number of hydrogen-bond acceptors (Lipinski definition) is 2. The maximum absolute atomic E-state index is 12.4. The van der Waals surface area contributed by atoms with Gasteiger partial charge in [0.2, 0.25) is 5.91 Å². The van der Waals surface area contributed by atoms with Crippen LogP contribution in [0.15, 0.2) is 59.5 Å². The second-order valence-electron chi connectivity index (χ2n) is 6.17. The molecule has 25 heavy (non-hydrogen) atoms. The number of hydrogen-bond donors (Lipinski definition) is 1. The average molecular weight is 355 g/mol. The summed E-state index contributed by atoms with van der Waals surface area (Å²) in [5.74, 6) is -0.118. The summed E-state index contributed by atoms with van der Waals surface area (Å²) in [6, 6.07) is 14.4. The van der Waals surface area contributed by atoms with E-state index in [0.29, 0.717) is 10.4 Å². The summed E-state index contributed by atoms with van der Waals surface area (Å²) in [6.45, 7) is 4.02. The van der Waals surface area contributed by atoms with Crippen LogP contribution in [-0.2, 0) is 11.3 Å². The Balaban J connectivity index is 1.79. The Morgan fingerprint density at radius 1 is 1.16 bits per heavy atom. The number of carbonyl (C=O) groups excluding carboxylic acids is 1. The van der Waals surface area contributed by atoms with Gasteiger partial charge in [0.15, 0.2) is 5.43 Å². The van der Waals surface area contributed by atoms with Crippen LogP contribution in [0.25, 0.3) is 10.9 Å². The van der Waals surface area contributed by atoms with Gasteiger partial charge in [0.05, 0.1) is 11.6 Å². The molecule has 0 spiro atoms. The minimum absolute atomic E-state index is 0.0371. The fourth-order valence-corrected chi connectivity index (χ4v) is 2.97. The minimum Gasteiger partial charge on any atom is -0.348 e. The largest absolute Gasteiger partial charge is 0.348 e. The molecule has 0 aliphatic heterocycles. The van der Waals surface area contributed by atoms with E-state index < -0.39 is 0 Å². The molecule has 2 aromatic carbocycles. The van der Waals surface area contributed by atoms with E-state index in [2.05, 4.69) is 5.32 Å². The number of benzene rings is 2. The van der Waals surface area contributed by atoms with Gasteiger partial charge in [-0.3, -0.25) is 9.59 Å². The number of pyridine rings is 1. The maximum Gasteiger partial charge on any atom is 0.240 e. The van der Waals surface area contributed by atoms with Gasteiger partial charge in [0.1, 0.15) is 6.54 Å². The predicted octanol–water partition coefficient (Wildman–Crippen LogP) is 3.84. The number of fused-ring (bicyclic) bond motifs is 1. The number of carbonyl (C=O) groups is 1. The fourth-order valence-electron chi connectivity index (χ4n) is 2.84. The molecule has 128 valence electrons. The smallest absolute Gasteiger partial charge is 0.240 e. The van der Waals surface area contributed by atoms with E-state index in [0.717, 1.165) is 16.6 Å². The summed E-state index contributed by atoms with van der Waals surface area (Å²) in [4.78, 5) is 24.5. The molecule has 0 radical (unpaired) electrons. The number of rotatable bonds is 4. The van der Waals surface area contributed by atoms with Gasteiger partial charge in [-0.1, -0.05) is 35.4 Å². The highest BCUT2D eigenvalue weighted by molar-refractivity contribution is 6.30. The van der Waals surface area contributed by atoms with Crippen LogP contribution in [0.3, 0.4) is 0 Å². The molecule has 3 aromatic rings. The van der Waals surface area contributed by atoms with Crippen LogP contribution in [0.5, 0.6) is 0 Å². The Kier molecular flexibility index (Phi) is 4.91. The lowest BCUT2D eigenvalue weighted by molar-refractivity contribution is -0.122. The molecule has 1 heterocycles. The number of aromatic nitrogens is 1. The van der Waals surface area contributed by atoms with Gasteiger partial charge in [0.25, 0.3) is 0 Å². The molecule has 0 saturated carbocycles. The molecule has 0 bridgehead atoms. The molecule has 0 fully saturated rings. The second kappa shape index (κ2) is 7.11. The fraction of sp³-hybridized carbons (Fsp3) is 0.200. The molecular weight excluding hydrogens is 336 g/mol. The highest BCUT2D eigenvalue weighted by atomic mass is 35.5. The van der Waals surface area contributed by atoms with Crippen LogP contribution >= 0.6 is 11.6 Å². The molecule has 0 aliphatic rings. The monoisotopic (exact) mass is 354 g/mol. The molecule has 3 rings (SSSR count). The van der Waals surface area contributed by atoms with Crippen molar-refractivity contribution in [3.05, 3.63) is 81.1 Å². The van der Waals surface area contributed by atoms with Crippen LogP contribution in [0.4, 0.5) is 0 Å². The van der Waals surface area contributed by atoms with Crippen LogP contribution in [0.1, 0.15) is 24.1 Å². The summed E-state index contributed by atoms with van der Waals surface area (Å²) in [5.41, 5.74) is 2.72. The first-order chi connectivity index (χ1) is 11.9. The lowest BCUT2D eigenvalue weighted by atomic mass is 10.1. The molecule has 0 aliphatic carbocycles. The molecule has 1 aromatic heterocycles. The minimum atomic E-state index is -0.127. The van der Waals surface area contributed by atoms with Crippen LogP contribution < -0.4 is 10.7 Å². The standard InChI is InChI=1S/C20H19ClN2O2/c1-13-3-8-18-17(11-13)19(24)9-10-23(18)12-20(25)22-14(2)15-4-6-16(21)7-5-15/h3-11,14H,12H2,1-2H3,(H,22,25). The van der Waals surface area contributed by atoms with Crippen molar-refractivity contribution in [1.29, 1.82) is 0 Å². The van der Waals surface area contributed by atoms with Gasteiger partial charge < -0.3 is 9.88 Å². The average Bonchev–Trinajstić information content (AvgIpc) is 2.58. The topological polar surface area (TPSA) is 51.1 Å². The molecule has 1 atom stereocenters. The zero-order valence-corrected chi connectivity index (χ0v) is 14.9. The zero-order valence-electron chi connectivity index (χ0n) is 14.1. The van der Waals surface area contributed by atoms with Crippen molar-refractivity contribution in [2.75, 3.05) is 0 Å². The van der Waals surface area contributed by atoms with Gasteiger partial charge in [-0.15, -0.1) is 0 Å². The number of nitrogens with one attached hydrogen (secondary N) is 1. The third-order valence-corrected chi connectivity index (χ3v) is 4.45. The van der Waals surface area contributed by atoms with E-state index >= 15 is 0 Å². The first-order valence-electron chi connectivity index (χ1n) is 8.08. The summed E-state index contributed by atoms with van der Waals surface area (Å²) < 4.78 is 1.79. The Morgan fingerprint density at radius 3 is 2.60 bits per heavy atom. The summed E-state index contributed by atoms with van der Waals surface area (Å²) in [5, 5.41) is 4.26. The molecule has 1 N–H and O–H groups in total. The molecule has 0 saturated heterocycles. The van der Waals surface area contributed by atoms with Crippen molar-refractivity contribution in [1.82, 2.24) is 9.88 Å². The van der Waals surface area contributed by atoms with E-state index in [9.17, 15) is 9.59 Å². The maximum atomic E-state index is 12.4. The van der Waals surface area contributed by atoms with Crippen LogP contribution in [0, 0.1) is 6.92 Å². The van der Waals surface area contributed by atoms with Gasteiger partial charge in [0, 0.05) is 22.7 Å². The quantitative estimate of drug-likeness (QED) is 0.773. The SMILES string of the molecule is Cc1ccc2c(c1)c(=O)ccn2CC(=O)NC(C)c1ccc(Cl)cc1. The number of nitrogens with zero attached hydrogens (tertiary/aromatic N) is 1. The third-order valence-electron chi connectivity index (χ3n) is 4.19. The van der Waals surface area contributed by atoms with Gasteiger partial charge in [-0.2, -0.15) is 0 Å². The van der Waals surface area contributed by atoms with E-state index in [4.69, 9.17) is 11.6 Å². The third kappa shape index (κ3) is 3.91. The number of aryl methyl sites for hydroxylation is 1. The Morgan fingerprint density at radius 2 is 1.88 bits per heavy atom. The van der Waals surface area contributed by atoms with E-state index in [1.807, 2.05) is 44.2 Å². The summed E-state index contributed by atoms with van der Waals surface area (Å²) in [7, 11) is 0. The Labute approximate surface area is 151 Å². The Bertz CT molecular complexity index is 977. The lowest BCUT2D eigenvalue weighted by Crippen LogP contribution is -2.30. The summed E-state index contributed by atoms with van der Waals surface area (Å²) in [6.07, 6.45) is 1.66. The van der Waals surface area contributed by atoms with Crippen molar-refractivity contribution < 1.29 is 4.79 Å². The van der Waals surface area contributed by atoms with Crippen molar-refractivity contribution in [2.45, 2.75) is 26.4 Å². The first-order valence-corrected chi connectivity index (χ1v) is 8.46. The van der Waals surface area contributed by atoms with Crippen molar-refractivity contribution in [3.8, 4) is 0 Å². The molecule has 5 heteroatoms. The predicted molar refractivity (Wildman–Crippen MR) is 101 cm³/mol. The van der Waals surface area contributed by atoms with Gasteiger partial charge in [-0.25, -0.2) is 0 Å². The molecule has 1 amide bonds. The van der Waals surface area contributed by atoms with Crippen molar-refractivity contribution in [2.24, 2.45) is 0 Å². The van der Waals surface area contributed by atoms with Crippen molar-refractivity contribution >= 4 is 28.4 Å². The Hall–Kier alpha value is -2.59. The van der Waals surface area contributed by atoms with E-state index in [-0.39, 0.29) is 23.9 Å². The van der Waals surface area contributed by atoms with Crippen LogP contribution in [-0.4, -0.2) is 10.5 Å². The summed E-state index contributed by atoms with van der Waals surface area (Å²) >= 11 is 5.89. The highest BCUT2D eigenvalue weighted by Crippen LogP contribution is 2.16. The molecule has 4 nitrogen and oxygen atoms in total. The van der Waals surface area contributed by atoms with Crippen molar-refractivity contribution in [3.63, 3.8) is 0 Å². The van der Waals surface area contributed by atoms with Gasteiger partial charge in [-0.05, 0) is 43.7 Å². The zero-order chi connectivity index (χ0) is 18.0. The molecule has 1 unspecified atom stereocenters.